The molecule has 2 heterocycles. The van der Waals surface area contributed by atoms with E-state index in [-0.39, 0.29) is 0 Å². The minimum Gasteiger partial charge on any atom is -0.490 e. The molecule has 0 saturated carbocycles. The van der Waals surface area contributed by atoms with E-state index in [4.69, 9.17) is 14.5 Å². The first-order valence-corrected chi connectivity index (χ1v) is 15.9. The van der Waals surface area contributed by atoms with Gasteiger partial charge in [-0.05, 0) is 101 Å². The van der Waals surface area contributed by atoms with E-state index in [2.05, 4.69) is 113 Å². The van der Waals surface area contributed by atoms with Gasteiger partial charge in [0.25, 0.3) is 0 Å². The Hall–Kier alpha value is -3.32. The van der Waals surface area contributed by atoms with Gasteiger partial charge in [0.1, 0.15) is 0 Å². The Labute approximate surface area is 257 Å². The zero-order chi connectivity index (χ0) is 28.2. The number of rotatable bonds is 9. The van der Waals surface area contributed by atoms with Crippen LogP contribution < -0.4 is 14.4 Å². The van der Waals surface area contributed by atoms with Crippen LogP contribution in [0.2, 0.25) is 0 Å². The van der Waals surface area contributed by atoms with Crippen molar-refractivity contribution in [3.8, 4) is 11.5 Å². The summed E-state index contributed by atoms with van der Waals surface area (Å²) in [7, 11) is 0. The number of hydrogen-bond donors (Lipinski definition) is 0. The molecule has 41 heavy (non-hydrogen) atoms. The third-order valence-corrected chi connectivity index (χ3v) is 8.95. The molecule has 4 aromatic rings. The first-order valence-electron chi connectivity index (χ1n) is 14.8. The maximum absolute atomic E-state index is 6.02. The Morgan fingerprint density at radius 1 is 0.829 bits per heavy atom. The van der Waals surface area contributed by atoms with E-state index in [1.807, 2.05) is 19.2 Å². The van der Waals surface area contributed by atoms with Crippen LogP contribution in [0.15, 0.2) is 89.9 Å². The van der Waals surface area contributed by atoms with Gasteiger partial charge < -0.3 is 14.4 Å². The van der Waals surface area contributed by atoms with Crippen LogP contribution in [0.5, 0.6) is 11.5 Å². The number of anilines is 1. The van der Waals surface area contributed by atoms with Gasteiger partial charge in [-0.3, -0.25) is 4.99 Å². The number of hydrogen-bond acceptors (Lipinski definition) is 4. The van der Waals surface area contributed by atoms with Crippen LogP contribution in [0.1, 0.15) is 72.8 Å². The topological polar surface area (TPSA) is 34.1 Å². The van der Waals surface area contributed by atoms with Crippen molar-refractivity contribution in [3.63, 3.8) is 0 Å². The Kier molecular flexibility index (Phi) is 8.61. The molecule has 0 aliphatic carbocycles. The fourth-order valence-electron chi connectivity index (χ4n) is 6.33. The lowest BCUT2D eigenvalue weighted by Gasteiger charge is -2.43. The summed E-state index contributed by atoms with van der Waals surface area (Å²) in [5.74, 6) is 2.33. The first-order chi connectivity index (χ1) is 20.2. The molecule has 2 atom stereocenters. The van der Waals surface area contributed by atoms with Gasteiger partial charge in [0.15, 0.2) is 11.5 Å². The van der Waals surface area contributed by atoms with Crippen molar-refractivity contribution < 1.29 is 9.47 Å². The molecule has 0 radical (unpaired) electrons. The molecule has 2 aliphatic rings. The monoisotopic (exact) mass is 656 g/mol. The molecule has 0 amide bonds. The van der Waals surface area contributed by atoms with Crippen LogP contribution in [0, 0.1) is 3.57 Å². The van der Waals surface area contributed by atoms with E-state index >= 15 is 0 Å². The minimum absolute atomic E-state index is 0.367. The summed E-state index contributed by atoms with van der Waals surface area (Å²) in [4.78, 5) is 7.70. The van der Waals surface area contributed by atoms with Crippen molar-refractivity contribution in [1.29, 1.82) is 0 Å². The molecule has 6 rings (SSSR count). The molecular formula is C36H37IN2O2. The molecule has 4 nitrogen and oxygen atoms in total. The fourth-order valence-corrected chi connectivity index (χ4v) is 7.11. The third-order valence-electron chi connectivity index (χ3n) is 8.14. The molecule has 4 aromatic carbocycles. The highest BCUT2D eigenvalue weighted by Crippen LogP contribution is 2.50. The van der Waals surface area contributed by atoms with Gasteiger partial charge in [-0.25, -0.2) is 0 Å². The molecule has 0 unspecified atom stereocenters. The van der Waals surface area contributed by atoms with Crippen molar-refractivity contribution >= 4 is 40.2 Å². The van der Waals surface area contributed by atoms with Gasteiger partial charge >= 0.3 is 0 Å². The zero-order valence-electron chi connectivity index (χ0n) is 23.9. The highest BCUT2D eigenvalue weighted by Gasteiger charge is 2.35. The molecule has 0 bridgehead atoms. The molecule has 0 saturated heterocycles. The number of halogens is 1. The highest BCUT2D eigenvalue weighted by molar-refractivity contribution is 14.1. The number of nitrogens with zero attached hydrogens (tertiary/aromatic N) is 2. The van der Waals surface area contributed by atoms with Gasteiger partial charge in [-0.15, -0.1) is 0 Å². The Bertz CT molecular complexity index is 1450. The van der Waals surface area contributed by atoms with Crippen molar-refractivity contribution in [2.45, 2.75) is 44.9 Å². The second kappa shape index (κ2) is 12.7. The molecular weight excluding hydrogens is 619 g/mol. The Balaban J connectivity index is 1.44. The van der Waals surface area contributed by atoms with E-state index in [0.29, 0.717) is 25.0 Å². The Morgan fingerprint density at radius 2 is 1.44 bits per heavy atom. The standard InChI is InChI=1S/C36H37IN2O2/c1-3-19-41-36-33(37)20-25(21-34(36)40-4-2)24-38-28-22-31-29(26-11-7-5-8-12-26)15-17-39-18-16-30(32(23-28)35(31)39)27-13-9-6-10-14-27/h5-14,20-24,29-30H,3-4,15-19H2,1-2H3/t29-,30-/m1/s1. The average molecular weight is 657 g/mol. The van der Waals surface area contributed by atoms with Gasteiger partial charge in [0, 0.05) is 36.8 Å². The van der Waals surface area contributed by atoms with Crippen LogP contribution in [0.4, 0.5) is 11.4 Å². The van der Waals surface area contributed by atoms with Crippen LogP contribution in [0.25, 0.3) is 0 Å². The summed E-state index contributed by atoms with van der Waals surface area (Å²) in [5.41, 5.74) is 9.01. The zero-order valence-corrected chi connectivity index (χ0v) is 26.0. The SMILES string of the molecule is CCCOc1c(I)cc(C=Nc2cc3c4c(c2)[C@@H](c2ccccc2)CCN4CC[C@@H]3c2ccccc2)cc1OCC. The van der Waals surface area contributed by atoms with Crippen molar-refractivity contribution in [2.24, 2.45) is 4.99 Å². The number of aliphatic imine (C=N–C) groups is 1. The van der Waals surface area contributed by atoms with Crippen molar-refractivity contribution in [3.05, 3.63) is 116 Å². The molecule has 2 aliphatic heterocycles. The smallest absolute Gasteiger partial charge is 0.174 e. The highest BCUT2D eigenvalue weighted by atomic mass is 127. The number of ether oxygens (including phenoxy) is 2. The maximum Gasteiger partial charge on any atom is 0.174 e. The lowest BCUT2D eigenvalue weighted by atomic mass is 9.76. The predicted molar refractivity (Wildman–Crippen MR) is 178 cm³/mol. The summed E-state index contributed by atoms with van der Waals surface area (Å²) in [5, 5.41) is 0. The summed E-state index contributed by atoms with van der Waals surface area (Å²) < 4.78 is 13.0. The van der Waals surface area contributed by atoms with Crippen molar-refractivity contribution in [1.82, 2.24) is 0 Å². The third kappa shape index (κ3) is 5.87. The van der Waals surface area contributed by atoms with E-state index in [0.717, 1.165) is 58.7 Å². The normalized spacial score (nSPS) is 17.9. The largest absolute Gasteiger partial charge is 0.490 e. The van der Waals surface area contributed by atoms with E-state index in [1.54, 1.807) is 0 Å². The van der Waals surface area contributed by atoms with Gasteiger partial charge in [-0.1, -0.05) is 67.6 Å². The summed E-state index contributed by atoms with van der Waals surface area (Å²) in [6, 6.07) is 30.8. The van der Waals surface area contributed by atoms with Crippen LogP contribution >= 0.6 is 22.6 Å². The molecule has 5 heteroatoms. The van der Waals surface area contributed by atoms with E-state index in [9.17, 15) is 0 Å². The summed E-state index contributed by atoms with van der Waals surface area (Å²) in [6.45, 7) is 7.56. The quantitative estimate of drug-likeness (QED) is 0.133. The lowest BCUT2D eigenvalue weighted by Crippen LogP contribution is -2.37. The van der Waals surface area contributed by atoms with Gasteiger partial charge in [0.05, 0.1) is 22.5 Å². The predicted octanol–water partition coefficient (Wildman–Crippen LogP) is 9.11. The van der Waals surface area contributed by atoms with E-state index < -0.39 is 0 Å². The lowest BCUT2D eigenvalue weighted by molar-refractivity contribution is 0.275. The second-order valence-corrected chi connectivity index (χ2v) is 12.0. The fraction of sp³-hybridized carbons (Fsp3) is 0.306. The molecule has 0 aromatic heterocycles. The summed E-state index contributed by atoms with van der Waals surface area (Å²) >= 11 is 2.34. The molecule has 0 N–H and O–H groups in total. The summed E-state index contributed by atoms with van der Waals surface area (Å²) in [6.07, 6.45) is 5.17. The number of benzene rings is 4. The Morgan fingerprint density at radius 3 is 2.00 bits per heavy atom. The van der Waals surface area contributed by atoms with Gasteiger partial charge in [0.2, 0.25) is 0 Å². The van der Waals surface area contributed by atoms with Crippen LogP contribution in [-0.2, 0) is 0 Å². The van der Waals surface area contributed by atoms with Crippen LogP contribution in [-0.4, -0.2) is 32.5 Å². The van der Waals surface area contributed by atoms with Crippen molar-refractivity contribution in [2.75, 3.05) is 31.2 Å². The van der Waals surface area contributed by atoms with E-state index in [1.165, 1.54) is 27.9 Å². The van der Waals surface area contributed by atoms with Gasteiger partial charge in [-0.2, -0.15) is 0 Å². The van der Waals surface area contributed by atoms with Crippen LogP contribution in [0.3, 0.4) is 0 Å². The molecule has 210 valence electrons. The average Bonchev–Trinajstić information content (AvgIpc) is 3.01. The molecule has 0 fully saturated rings. The first kappa shape index (κ1) is 27.8. The second-order valence-electron chi connectivity index (χ2n) is 10.8. The molecule has 0 spiro atoms. The minimum atomic E-state index is 0.367. The maximum atomic E-state index is 6.02.